The van der Waals surface area contributed by atoms with Gasteiger partial charge in [-0.3, -0.25) is 10.2 Å². The summed E-state index contributed by atoms with van der Waals surface area (Å²) in [6.07, 6.45) is 1.80. The molecule has 1 heterocycles. The van der Waals surface area contributed by atoms with Gasteiger partial charge in [-0.25, -0.2) is 4.39 Å². The number of hydrogen-bond acceptors (Lipinski definition) is 2. The molecule has 0 saturated heterocycles. The van der Waals surface area contributed by atoms with Gasteiger partial charge in [0.15, 0.2) is 5.78 Å². The van der Waals surface area contributed by atoms with Crippen LogP contribution in [0.2, 0.25) is 0 Å². The first-order chi connectivity index (χ1) is 11.5. The summed E-state index contributed by atoms with van der Waals surface area (Å²) in [4.78, 5) is 12.3. The number of carbonyl (C=O) groups excluding carboxylic acids is 1. The molecule has 0 bridgehead atoms. The molecule has 2 aromatic carbocycles. The van der Waals surface area contributed by atoms with Crippen molar-refractivity contribution < 1.29 is 9.18 Å². The van der Waals surface area contributed by atoms with Crippen LogP contribution in [0.3, 0.4) is 0 Å². The number of rotatable bonds is 4. The lowest BCUT2D eigenvalue weighted by atomic mass is 10.1. The quantitative estimate of drug-likeness (QED) is 0.736. The SMILES string of the molecule is Cc1ccc(-c2cn(CC(=O)c3ccc(F)cc3)c(=N)n2C)cc1. The van der Waals surface area contributed by atoms with Gasteiger partial charge in [0.25, 0.3) is 0 Å². The summed E-state index contributed by atoms with van der Waals surface area (Å²) in [5, 5.41) is 8.21. The van der Waals surface area contributed by atoms with Crippen LogP contribution in [0.4, 0.5) is 4.39 Å². The number of halogens is 1. The number of aryl methyl sites for hydroxylation is 1. The van der Waals surface area contributed by atoms with Crippen molar-refractivity contribution in [3.05, 3.63) is 77.3 Å². The second-order valence-electron chi connectivity index (χ2n) is 5.82. The third-order valence-corrected chi connectivity index (χ3v) is 4.06. The first-order valence-corrected chi connectivity index (χ1v) is 7.62. The molecule has 0 saturated carbocycles. The molecule has 0 spiro atoms. The van der Waals surface area contributed by atoms with Crippen LogP contribution in [0, 0.1) is 18.2 Å². The molecule has 5 heteroatoms. The third-order valence-electron chi connectivity index (χ3n) is 4.06. The van der Waals surface area contributed by atoms with E-state index in [0.717, 1.165) is 11.3 Å². The van der Waals surface area contributed by atoms with Crippen LogP contribution in [-0.4, -0.2) is 14.9 Å². The monoisotopic (exact) mass is 323 g/mol. The van der Waals surface area contributed by atoms with E-state index in [2.05, 4.69) is 0 Å². The number of ketones is 1. The maximum absolute atomic E-state index is 13.0. The Bertz CT molecular complexity index is 934. The zero-order valence-electron chi connectivity index (χ0n) is 13.6. The Balaban J connectivity index is 1.91. The number of hydrogen-bond donors (Lipinski definition) is 1. The third kappa shape index (κ3) is 3.06. The van der Waals surface area contributed by atoms with Gasteiger partial charge in [-0.2, -0.15) is 0 Å². The highest BCUT2D eigenvalue weighted by Crippen LogP contribution is 2.18. The van der Waals surface area contributed by atoms with E-state index in [1.165, 1.54) is 29.8 Å². The standard InChI is InChI=1S/C19H18FN3O/c1-13-3-5-14(6-4-13)17-11-23(19(21)22(17)2)12-18(24)15-7-9-16(20)10-8-15/h3-11,21H,12H2,1-2H3. The second kappa shape index (κ2) is 6.28. The van der Waals surface area contributed by atoms with Gasteiger partial charge >= 0.3 is 0 Å². The zero-order chi connectivity index (χ0) is 17.3. The van der Waals surface area contributed by atoms with Crippen molar-refractivity contribution in [2.75, 3.05) is 0 Å². The highest BCUT2D eigenvalue weighted by Gasteiger charge is 2.12. The molecule has 3 aromatic rings. The molecule has 0 aliphatic carbocycles. The summed E-state index contributed by atoms with van der Waals surface area (Å²) < 4.78 is 16.3. The van der Waals surface area contributed by atoms with Gasteiger partial charge in [-0.1, -0.05) is 29.8 Å². The van der Waals surface area contributed by atoms with Crippen LogP contribution >= 0.6 is 0 Å². The first-order valence-electron chi connectivity index (χ1n) is 7.62. The Hall–Kier alpha value is -2.95. The van der Waals surface area contributed by atoms with Crippen LogP contribution in [0.25, 0.3) is 11.3 Å². The molecule has 1 aromatic heterocycles. The average molecular weight is 323 g/mol. The smallest absolute Gasteiger partial charge is 0.202 e. The van der Waals surface area contributed by atoms with Gasteiger partial charge in [-0.05, 0) is 36.8 Å². The molecule has 1 N–H and O–H groups in total. The fourth-order valence-electron chi connectivity index (χ4n) is 2.60. The van der Waals surface area contributed by atoms with Crippen molar-refractivity contribution >= 4 is 5.78 Å². The molecule has 0 atom stereocenters. The Kier molecular flexibility index (Phi) is 4.16. The van der Waals surface area contributed by atoms with Gasteiger partial charge in [0.1, 0.15) is 5.82 Å². The molecule has 0 amide bonds. The van der Waals surface area contributed by atoms with Crippen molar-refractivity contribution in [3.8, 4) is 11.3 Å². The highest BCUT2D eigenvalue weighted by molar-refractivity contribution is 5.95. The van der Waals surface area contributed by atoms with E-state index >= 15 is 0 Å². The fraction of sp³-hybridized carbons (Fsp3) is 0.158. The lowest BCUT2D eigenvalue weighted by molar-refractivity contribution is 0.0970. The van der Waals surface area contributed by atoms with E-state index in [4.69, 9.17) is 5.41 Å². The normalized spacial score (nSPS) is 10.8. The fourth-order valence-corrected chi connectivity index (χ4v) is 2.60. The maximum Gasteiger partial charge on any atom is 0.202 e. The molecule has 122 valence electrons. The molecular weight excluding hydrogens is 305 g/mol. The summed E-state index contributed by atoms with van der Waals surface area (Å²) in [5.74, 6) is -0.531. The Morgan fingerprint density at radius 2 is 1.71 bits per heavy atom. The maximum atomic E-state index is 13.0. The molecule has 0 radical (unpaired) electrons. The average Bonchev–Trinajstić information content (AvgIpc) is 2.85. The number of Topliss-reactive ketones (excluding diaryl/α,β-unsaturated/α-hetero) is 1. The first kappa shape index (κ1) is 15.9. The molecule has 0 aliphatic rings. The van der Waals surface area contributed by atoms with Gasteiger partial charge < -0.3 is 9.13 Å². The summed E-state index contributed by atoms with van der Waals surface area (Å²) >= 11 is 0. The molecular formula is C19H18FN3O. The van der Waals surface area contributed by atoms with Gasteiger partial charge in [-0.15, -0.1) is 0 Å². The predicted octanol–water partition coefficient (Wildman–Crippen LogP) is 3.30. The van der Waals surface area contributed by atoms with E-state index in [1.54, 1.807) is 22.4 Å². The van der Waals surface area contributed by atoms with Crippen molar-refractivity contribution in [3.63, 3.8) is 0 Å². The molecule has 0 fully saturated rings. The molecule has 0 aliphatic heterocycles. The predicted molar refractivity (Wildman–Crippen MR) is 90.2 cm³/mol. The van der Waals surface area contributed by atoms with Crippen LogP contribution in [0.15, 0.2) is 54.7 Å². The molecule has 0 unspecified atom stereocenters. The Morgan fingerprint density at radius 3 is 2.33 bits per heavy atom. The van der Waals surface area contributed by atoms with Crippen LogP contribution < -0.4 is 5.62 Å². The van der Waals surface area contributed by atoms with E-state index < -0.39 is 0 Å². The summed E-state index contributed by atoms with van der Waals surface area (Å²) in [7, 11) is 1.80. The van der Waals surface area contributed by atoms with Gasteiger partial charge in [0, 0.05) is 18.8 Å². The number of nitrogens with zero attached hydrogens (tertiary/aromatic N) is 2. The Morgan fingerprint density at radius 1 is 1.08 bits per heavy atom. The van der Waals surface area contributed by atoms with Crippen molar-refractivity contribution in [1.29, 1.82) is 5.41 Å². The summed E-state index contributed by atoms with van der Waals surface area (Å²) in [5.41, 5.74) is 3.69. The van der Waals surface area contributed by atoms with E-state index in [1.807, 2.05) is 31.2 Å². The van der Waals surface area contributed by atoms with Crippen LogP contribution in [0.5, 0.6) is 0 Å². The van der Waals surface area contributed by atoms with E-state index in [0.29, 0.717) is 5.56 Å². The lowest BCUT2D eigenvalue weighted by Gasteiger charge is -2.02. The molecule has 24 heavy (non-hydrogen) atoms. The molecule has 3 rings (SSSR count). The zero-order valence-corrected chi connectivity index (χ0v) is 13.6. The Labute approximate surface area is 139 Å². The minimum absolute atomic E-state index is 0.0458. The van der Waals surface area contributed by atoms with E-state index in [-0.39, 0.29) is 23.8 Å². The van der Waals surface area contributed by atoms with Crippen molar-refractivity contribution in [2.45, 2.75) is 13.5 Å². The van der Waals surface area contributed by atoms with Crippen molar-refractivity contribution in [1.82, 2.24) is 9.13 Å². The lowest BCUT2D eigenvalue weighted by Crippen LogP contribution is -2.25. The van der Waals surface area contributed by atoms with Gasteiger partial charge in [0.2, 0.25) is 5.62 Å². The minimum atomic E-state index is -0.373. The molecule has 4 nitrogen and oxygen atoms in total. The van der Waals surface area contributed by atoms with Crippen LogP contribution in [-0.2, 0) is 13.6 Å². The minimum Gasteiger partial charge on any atom is -0.314 e. The van der Waals surface area contributed by atoms with Crippen molar-refractivity contribution in [2.24, 2.45) is 7.05 Å². The number of carbonyl (C=O) groups is 1. The summed E-state index contributed by atoms with van der Waals surface area (Å²) in [6.45, 7) is 2.07. The number of aromatic nitrogens is 2. The van der Waals surface area contributed by atoms with E-state index in [9.17, 15) is 9.18 Å². The number of nitrogens with one attached hydrogen (secondary N) is 1. The second-order valence-corrected chi connectivity index (χ2v) is 5.82. The summed E-state index contributed by atoms with van der Waals surface area (Å²) in [6, 6.07) is 13.5. The number of imidazole rings is 1. The highest BCUT2D eigenvalue weighted by atomic mass is 19.1. The number of benzene rings is 2. The van der Waals surface area contributed by atoms with Crippen LogP contribution in [0.1, 0.15) is 15.9 Å². The topological polar surface area (TPSA) is 50.8 Å². The van der Waals surface area contributed by atoms with Gasteiger partial charge in [0.05, 0.1) is 12.2 Å². The largest absolute Gasteiger partial charge is 0.314 e.